The Morgan fingerprint density at radius 2 is 1.18 bits per heavy atom. The van der Waals surface area contributed by atoms with Crippen LogP contribution >= 0.6 is 0 Å². The SMILES string of the molecule is Cc1ccc(C[C@@H](C(=O)OC(c2cccc3ccccc23)c2cccc3ccccc23)n2cccc2)cc1. The molecule has 0 aliphatic carbocycles. The summed E-state index contributed by atoms with van der Waals surface area (Å²) in [6.45, 7) is 2.07. The number of nitrogens with zero attached hydrogens (tertiary/aromatic N) is 1. The zero-order valence-corrected chi connectivity index (χ0v) is 21.3. The van der Waals surface area contributed by atoms with Crippen molar-refractivity contribution in [2.24, 2.45) is 0 Å². The van der Waals surface area contributed by atoms with E-state index in [1.54, 1.807) is 0 Å². The molecule has 1 atom stereocenters. The van der Waals surface area contributed by atoms with Gasteiger partial charge in [0.25, 0.3) is 0 Å². The summed E-state index contributed by atoms with van der Waals surface area (Å²) in [5.74, 6) is -0.257. The standard InChI is InChI=1S/C35H29NO2/c1-25-18-20-26(21-19-25)24-33(36-22-6-7-23-36)35(37)38-34(31-16-8-12-27-10-2-4-14-29(27)31)32-17-9-13-28-11-3-5-15-30(28)32/h2-23,33-34H,24H2,1H3/t33-/m0/s1. The van der Waals surface area contributed by atoms with Crippen LogP contribution in [-0.4, -0.2) is 10.5 Å². The number of aryl methyl sites for hydroxylation is 1. The van der Waals surface area contributed by atoms with Crippen molar-refractivity contribution in [1.82, 2.24) is 4.57 Å². The Morgan fingerprint density at radius 3 is 1.76 bits per heavy atom. The van der Waals surface area contributed by atoms with Crippen LogP contribution in [0.2, 0.25) is 0 Å². The highest BCUT2D eigenvalue weighted by Gasteiger charge is 2.28. The zero-order valence-electron chi connectivity index (χ0n) is 21.3. The van der Waals surface area contributed by atoms with Gasteiger partial charge < -0.3 is 9.30 Å². The largest absolute Gasteiger partial charge is 0.451 e. The van der Waals surface area contributed by atoms with Crippen LogP contribution in [-0.2, 0) is 16.0 Å². The quantitative estimate of drug-likeness (QED) is 0.209. The van der Waals surface area contributed by atoms with Crippen molar-refractivity contribution in [2.75, 3.05) is 0 Å². The number of carbonyl (C=O) groups is 1. The van der Waals surface area contributed by atoms with E-state index in [0.29, 0.717) is 6.42 Å². The molecule has 1 aromatic heterocycles. The van der Waals surface area contributed by atoms with Crippen LogP contribution in [0, 0.1) is 6.92 Å². The number of carbonyl (C=O) groups excluding carboxylic acids is 1. The molecule has 0 saturated heterocycles. The van der Waals surface area contributed by atoms with Crippen molar-refractivity contribution in [3.63, 3.8) is 0 Å². The van der Waals surface area contributed by atoms with Gasteiger partial charge in [-0.05, 0) is 46.2 Å². The molecule has 0 saturated carbocycles. The van der Waals surface area contributed by atoms with Crippen LogP contribution in [0.4, 0.5) is 0 Å². The van der Waals surface area contributed by atoms with Crippen LogP contribution in [0.3, 0.4) is 0 Å². The molecule has 0 amide bonds. The summed E-state index contributed by atoms with van der Waals surface area (Å²) >= 11 is 0. The van der Waals surface area contributed by atoms with Crippen molar-refractivity contribution in [3.8, 4) is 0 Å². The third kappa shape index (κ3) is 4.71. The molecule has 5 aromatic carbocycles. The molecule has 1 heterocycles. The predicted molar refractivity (Wildman–Crippen MR) is 154 cm³/mol. The average Bonchev–Trinajstić information content (AvgIpc) is 3.50. The summed E-state index contributed by atoms with van der Waals surface area (Å²) < 4.78 is 8.51. The number of hydrogen-bond acceptors (Lipinski definition) is 2. The van der Waals surface area contributed by atoms with E-state index < -0.39 is 12.1 Å². The van der Waals surface area contributed by atoms with Crippen molar-refractivity contribution in [3.05, 3.63) is 156 Å². The van der Waals surface area contributed by atoms with Crippen molar-refractivity contribution < 1.29 is 9.53 Å². The van der Waals surface area contributed by atoms with Gasteiger partial charge in [-0.3, -0.25) is 0 Å². The number of fused-ring (bicyclic) bond motifs is 2. The molecule has 3 heteroatoms. The van der Waals surface area contributed by atoms with E-state index in [-0.39, 0.29) is 5.97 Å². The number of rotatable bonds is 7. The maximum Gasteiger partial charge on any atom is 0.330 e. The fourth-order valence-electron chi connectivity index (χ4n) is 5.26. The number of benzene rings is 5. The molecule has 6 aromatic rings. The van der Waals surface area contributed by atoms with Gasteiger partial charge in [-0.15, -0.1) is 0 Å². The van der Waals surface area contributed by atoms with Gasteiger partial charge in [-0.25, -0.2) is 4.79 Å². The first-order valence-electron chi connectivity index (χ1n) is 13.0. The van der Waals surface area contributed by atoms with E-state index in [1.165, 1.54) is 5.56 Å². The molecule has 0 radical (unpaired) electrons. The first kappa shape index (κ1) is 23.7. The second-order valence-electron chi connectivity index (χ2n) is 9.79. The lowest BCUT2D eigenvalue weighted by Gasteiger charge is -2.25. The Hall–Kier alpha value is -4.63. The third-order valence-electron chi connectivity index (χ3n) is 7.25. The number of hydrogen-bond donors (Lipinski definition) is 0. The average molecular weight is 496 g/mol. The van der Waals surface area contributed by atoms with Crippen molar-refractivity contribution in [1.29, 1.82) is 0 Å². The van der Waals surface area contributed by atoms with Gasteiger partial charge in [0.15, 0.2) is 6.10 Å². The summed E-state index contributed by atoms with van der Waals surface area (Å²) in [5.41, 5.74) is 4.25. The lowest BCUT2D eigenvalue weighted by atomic mass is 9.92. The summed E-state index contributed by atoms with van der Waals surface area (Å²) in [7, 11) is 0. The van der Waals surface area contributed by atoms with Gasteiger partial charge in [-0.1, -0.05) is 115 Å². The number of ether oxygens (including phenoxy) is 1. The van der Waals surface area contributed by atoms with Gasteiger partial charge in [0.2, 0.25) is 0 Å². The molecule has 38 heavy (non-hydrogen) atoms. The third-order valence-corrected chi connectivity index (χ3v) is 7.25. The second-order valence-corrected chi connectivity index (χ2v) is 9.79. The zero-order chi connectivity index (χ0) is 25.9. The van der Waals surface area contributed by atoms with Gasteiger partial charge in [0.05, 0.1) is 0 Å². The van der Waals surface area contributed by atoms with Crippen molar-refractivity contribution in [2.45, 2.75) is 25.5 Å². The molecule has 0 bridgehead atoms. The van der Waals surface area contributed by atoms with Gasteiger partial charge in [0.1, 0.15) is 6.04 Å². The Kier molecular flexibility index (Phi) is 6.49. The van der Waals surface area contributed by atoms with Gasteiger partial charge in [0, 0.05) is 29.9 Å². The maximum absolute atomic E-state index is 14.1. The minimum Gasteiger partial charge on any atom is -0.451 e. The molecular formula is C35H29NO2. The van der Waals surface area contributed by atoms with E-state index in [0.717, 1.165) is 38.2 Å². The Bertz CT molecular complexity index is 1610. The summed E-state index contributed by atoms with van der Waals surface area (Å²) in [5, 5.41) is 4.40. The monoisotopic (exact) mass is 495 g/mol. The Balaban J connectivity index is 1.46. The molecular weight excluding hydrogens is 466 g/mol. The highest BCUT2D eigenvalue weighted by Crippen LogP contribution is 2.36. The van der Waals surface area contributed by atoms with E-state index in [4.69, 9.17) is 4.74 Å². The first-order chi connectivity index (χ1) is 18.7. The predicted octanol–water partition coefficient (Wildman–Crippen LogP) is 8.22. The number of aromatic nitrogens is 1. The number of esters is 1. The minimum absolute atomic E-state index is 0.257. The maximum atomic E-state index is 14.1. The smallest absolute Gasteiger partial charge is 0.330 e. The molecule has 3 nitrogen and oxygen atoms in total. The van der Waals surface area contributed by atoms with E-state index in [2.05, 4.69) is 79.7 Å². The van der Waals surface area contributed by atoms with Crippen LogP contribution in [0.5, 0.6) is 0 Å². The second kappa shape index (κ2) is 10.4. The summed E-state index contributed by atoms with van der Waals surface area (Å²) in [4.78, 5) is 14.1. The topological polar surface area (TPSA) is 31.2 Å². The molecule has 0 fully saturated rings. The van der Waals surface area contributed by atoms with Crippen LogP contribution in [0.15, 0.2) is 134 Å². The minimum atomic E-state index is -0.559. The van der Waals surface area contributed by atoms with E-state index >= 15 is 0 Å². The highest BCUT2D eigenvalue weighted by atomic mass is 16.5. The van der Waals surface area contributed by atoms with Gasteiger partial charge >= 0.3 is 5.97 Å². The van der Waals surface area contributed by atoms with Crippen LogP contribution in [0.25, 0.3) is 21.5 Å². The lowest BCUT2D eigenvalue weighted by Crippen LogP contribution is -2.25. The summed E-state index contributed by atoms with van der Waals surface area (Å²) in [6.07, 6.45) is 3.86. The van der Waals surface area contributed by atoms with E-state index in [1.807, 2.05) is 65.5 Å². The molecule has 0 N–H and O–H groups in total. The van der Waals surface area contributed by atoms with Crippen LogP contribution < -0.4 is 0 Å². The van der Waals surface area contributed by atoms with Crippen LogP contribution in [0.1, 0.15) is 34.4 Å². The normalized spacial score (nSPS) is 12.2. The molecule has 0 unspecified atom stereocenters. The summed E-state index contributed by atoms with van der Waals surface area (Å²) in [6, 6.07) is 40.7. The van der Waals surface area contributed by atoms with Gasteiger partial charge in [-0.2, -0.15) is 0 Å². The molecule has 0 spiro atoms. The van der Waals surface area contributed by atoms with E-state index in [9.17, 15) is 4.79 Å². The fourth-order valence-corrected chi connectivity index (χ4v) is 5.26. The fraction of sp³-hybridized carbons (Fsp3) is 0.114. The molecule has 0 aliphatic rings. The highest BCUT2D eigenvalue weighted by molar-refractivity contribution is 5.90. The molecule has 6 rings (SSSR count). The first-order valence-corrected chi connectivity index (χ1v) is 13.0. The lowest BCUT2D eigenvalue weighted by molar-refractivity contribution is -0.151. The molecule has 0 aliphatic heterocycles. The molecule has 186 valence electrons. The Morgan fingerprint density at radius 1 is 0.658 bits per heavy atom. The van der Waals surface area contributed by atoms with Crippen molar-refractivity contribution >= 4 is 27.5 Å². The Labute approximate surface area is 222 Å².